The molecule has 0 N–H and O–H groups in total. The predicted octanol–water partition coefficient (Wildman–Crippen LogP) is 2.80. The predicted molar refractivity (Wildman–Crippen MR) is 142 cm³/mol. The Kier molecular flexibility index (Phi) is 8.93. The van der Waals surface area contributed by atoms with E-state index < -0.39 is 21.3 Å². The maximum Gasteiger partial charge on any atom is -1.00 e. The molecule has 0 bridgehead atoms. The minimum Gasteiger partial charge on any atom is -1.00 e. The van der Waals surface area contributed by atoms with Crippen LogP contribution >= 0.6 is 23.2 Å². The van der Waals surface area contributed by atoms with Gasteiger partial charge in [0.25, 0.3) is 0 Å². The van der Waals surface area contributed by atoms with E-state index in [1.54, 1.807) is 3.28 Å². The van der Waals surface area contributed by atoms with Gasteiger partial charge in [-0.05, 0) is 0 Å². The quantitative estimate of drug-likeness (QED) is 0.327. The fraction of sp³-hybridized carbons (Fsp3) is 0.0645. The third-order valence-corrected chi connectivity index (χ3v) is 15.5. The molecule has 0 atom stereocenters. The van der Waals surface area contributed by atoms with Gasteiger partial charge in [-0.25, -0.2) is 0 Å². The van der Waals surface area contributed by atoms with Crippen molar-refractivity contribution in [2.45, 2.75) is 10.0 Å². The molecule has 0 heterocycles. The third kappa shape index (κ3) is 5.02. The molecule has 6 rings (SSSR count). The second-order valence-corrected chi connectivity index (χ2v) is 15.9. The molecule has 0 saturated carbocycles. The summed E-state index contributed by atoms with van der Waals surface area (Å²) in [6, 6.07) is 34.7. The van der Waals surface area contributed by atoms with Crippen LogP contribution in [0.3, 0.4) is 0 Å². The van der Waals surface area contributed by atoms with Gasteiger partial charge in [-0.1, -0.05) is 0 Å². The van der Waals surface area contributed by atoms with Crippen molar-refractivity contribution in [3.8, 4) is 11.1 Å². The van der Waals surface area contributed by atoms with E-state index in [2.05, 4.69) is 103 Å². The number of allylic oxidation sites excluding steroid dienone is 4. The van der Waals surface area contributed by atoms with Crippen LogP contribution in [0.5, 0.6) is 0 Å². The van der Waals surface area contributed by atoms with Gasteiger partial charge in [0, 0.05) is 0 Å². The van der Waals surface area contributed by atoms with Gasteiger partial charge in [0.05, 0.1) is 0 Å². The first-order chi connectivity index (χ1) is 16.7. The molecule has 0 aromatic heterocycles. The van der Waals surface area contributed by atoms with Crippen molar-refractivity contribution in [2.75, 3.05) is 0 Å². The molecule has 0 nitrogen and oxygen atoms in total. The first-order valence-corrected chi connectivity index (χ1v) is 16.1. The topological polar surface area (TPSA) is 0 Å². The molecule has 4 aromatic carbocycles. The van der Waals surface area contributed by atoms with E-state index in [1.807, 2.05) is 12.1 Å². The molecule has 0 radical (unpaired) electrons. The summed E-state index contributed by atoms with van der Waals surface area (Å²) in [4.78, 5) is 0. The molecule has 4 aromatic rings. The zero-order chi connectivity index (χ0) is 23.1. The second kappa shape index (κ2) is 11.8. The summed E-state index contributed by atoms with van der Waals surface area (Å²) >= 11 is 10.5. The van der Waals surface area contributed by atoms with Crippen LogP contribution < -0.4 is 24.8 Å². The Bertz CT molecular complexity index is 1420. The molecule has 0 unspecified atom stereocenters. The fourth-order valence-electron chi connectivity index (χ4n) is 5.37. The molecule has 0 fully saturated rings. The molecule has 5 heteroatoms. The molecule has 0 aliphatic heterocycles. The van der Waals surface area contributed by atoms with E-state index in [-0.39, 0.29) is 24.8 Å². The van der Waals surface area contributed by atoms with E-state index in [4.69, 9.17) is 23.2 Å². The molecule has 0 amide bonds. The van der Waals surface area contributed by atoms with E-state index in [1.165, 1.54) is 36.6 Å². The molecular weight excluding hydrogens is 605 g/mol. The maximum atomic E-state index is 6.55. The zero-order valence-electron chi connectivity index (χ0n) is 19.3. The van der Waals surface area contributed by atoms with Crippen LogP contribution in [0.2, 0.25) is 10.0 Å². The summed E-state index contributed by atoms with van der Waals surface area (Å²) in [6.07, 6.45) is 7.94. The Morgan fingerprint density at radius 1 is 0.667 bits per heavy atom. The molecule has 0 saturated heterocycles. The largest absolute Gasteiger partial charge is 1.00 e. The van der Waals surface area contributed by atoms with E-state index in [9.17, 15) is 0 Å². The van der Waals surface area contributed by atoms with Crippen molar-refractivity contribution in [3.63, 3.8) is 0 Å². The summed E-state index contributed by atoms with van der Waals surface area (Å²) in [5.74, 6) is 0. The van der Waals surface area contributed by atoms with Crippen molar-refractivity contribution < 1.29 is 46.1 Å². The minimum atomic E-state index is -2.64. The average Bonchev–Trinajstić information content (AvgIpc) is 3.49. The van der Waals surface area contributed by atoms with Crippen LogP contribution in [0.4, 0.5) is 0 Å². The Labute approximate surface area is 242 Å². The Morgan fingerprint density at radius 2 is 1.19 bits per heavy atom. The van der Waals surface area contributed by atoms with Crippen LogP contribution in [0, 0.1) is 0 Å². The average molecular weight is 628 g/mol. The van der Waals surface area contributed by atoms with E-state index in [0.717, 1.165) is 16.5 Å². The summed E-state index contributed by atoms with van der Waals surface area (Å²) in [5, 5.41) is 1.54. The van der Waals surface area contributed by atoms with Gasteiger partial charge in [0.1, 0.15) is 0 Å². The number of benzene rings is 4. The van der Waals surface area contributed by atoms with Crippen LogP contribution in [0.1, 0.15) is 32.3 Å². The second-order valence-electron chi connectivity index (χ2n) is 8.74. The van der Waals surface area contributed by atoms with Crippen molar-refractivity contribution in [1.82, 2.24) is 0 Å². The standard InChI is InChI=1S/C13H8Cl2.C13H9.C5H5.2ClH.Zr/c14-12-5-1-3-10(8-12)7-11-4-2-6-13(15)9-11;1-3-7-12-10(5-1)9-11-6-2-4-8-13(11)12;1-2-4-5-3-1;;;/h1-6,8-9H;1-9H;1-3H,4H2;2*1H;/q;;;;;+2/p-2. The van der Waals surface area contributed by atoms with Gasteiger partial charge in [-0.15, -0.1) is 0 Å². The summed E-state index contributed by atoms with van der Waals surface area (Å²) in [5.41, 5.74) is 8.13. The first kappa shape index (κ1) is 27.3. The summed E-state index contributed by atoms with van der Waals surface area (Å²) < 4.78 is 3.46. The summed E-state index contributed by atoms with van der Waals surface area (Å²) in [7, 11) is 0. The number of hydrogen-bond donors (Lipinski definition) is 0. The molecule has 36 heavy (non-hydrogen) atoms. The zero-order valence-corrected chi connectivity index (χ0v) is 24.7. The SMILES string of the molecule is Clc1cccc([C](c2cccc(Cl)c2)=[Zr+2]([C]2=CC=CC2)[CH]2c3ccccc3-c3ccccc32)c1.[Cl-].[Cl-]. The number of fused-ring (bicyclic) bond motifs is 3. The fourth-order valence-corrected chi connectivity index (χ4v) is 14.7. The molecule has 0 spiro atoms. The van der Waals surface area contributed by atoms with Crippen LogP contribution in [0.15, 0.2) is 119 Å². The van der Waals surface area contributed by atoms with E-state index in [0.29, 0.717) is 3.63 Å². The van der Waals surface area contributed by atoms with Crippen molar-refractivity contribution in [3.05, 3.63) is 151 Å². The summed E-state index contributed by atoms with van der Waals surface area (Å²) in [6.45, 7) is 0. The van der Waals surface area contributed by atoms with Gasteiger partial charge >= 0.3 is 220 Å². The van der Waals surface area contributed by atoms with Crippen molar-refractivity contribution in [1.29, 1.82) is 0 Å². The van der Waals surface area contributed by atoms with Crippen molar-refractivity contribution >= 4 is 26.4 Å². The third-order valence-electron chi connectivity index (χ3n) is 6.74. The first-order valence-electron chi connectivity index (χ1n) is 11.5. The van der Waals surface area contributed by atoms with Gasteiger partial charge in [-0.3, -0.25) is 0 Å². The Morgan fingerprint density at radius 3 is 1.67 bits per heavy atom. The van der Waals surface area contributed by atoms with Crippen LogP contribution in [-0.2, 0) is 21.3 Å². The van der Waals surface area contributed by atoms with E-state index >= 15 is 0 Å². The van der Waals surface area contributed by atoms with Gasteiger partial charge in [-0.2, -0.15) is 0 Å². The molecule has 2 aliphatic carbocycles. The normalized spacial score (nSPS) is 13.0. The minimum absolute atomic E-state index is 0. The monoisotopic (exact) mass is 624 g/mol. The van der Waals surface area contributed by atoms with Crippen LogP contribution in [0.25, 0.3) is 11.1 Å². The molecule has 178 valence electrons. The van der Waals surface area contributed by atoms with Gasteiger partial charge in [0.2, 0.25) is 0 Å². The van der Waals surface area contributed by atoms with Gasteiger partial charge < -0.3 is 24.8 Å². The van der Waals surface area contributed by atoms with Crippen LogP contribution in [-0.4, -0.2) is 3.21 Å². The van der Waals surface area contributed by atoms with Crippen molar-refractivity contribution in [2.24, 2.45) is 0 Å². The maximum absolute atomic E-state index is 6.55. The Hall–Kier alpha value is -1.73. The number of halogens is 4. The Balaban J connectivity index is 0.00000152. The molecule has 2 aliphatic rings. The molecular formula is C31H22Cl4Zr. The number of hydrogen-bond acceptors (Lipinski definition) is 0. The number of rotatable bonds is 4. The van der Waals surface area contributed by atoms with Gasteiger partial charge in [0.15, 0.2) is 0 Å². The smallest absolute Gasteiger partial charge is 1.00 e.